The highest BCUT2D eigenvalue weighted by atomic mass is 32.3. The van der Waals surface area contributed by atoms with Crippen molar-refractivity contribution in [2.45, 2.75) is 19.6 Å². The Balaban J connectivity index is 0.961. The van der Waals surface area contributed by atoms with Crippen molar-refractivity contribution in [3.05, 3.63) is 279 Å². The topological polar surface area (TPSA) is 8.17 Å². The molecule has 334 valence electrons. The molecular formula is C68H46N2S. The zero-order chi connectivity index (χ0) is 46.9. The molecule has 1 aliphatic heterocycles. The average Bonchev–Trinajstić information content (AvgIpc) is 3.95. The van der Waals surface area contributed by atoms with Gasteiger partial charge < -0.3 is 9.47 Å². The molecule has 0 radical (unpaired) electrons. The lowest BCUT2D eigenvalue weighted by atomic mass is 9.91. The van der Waals surface area contributed by atoms with Crippen molar-refractivity contribution in [3.63, 3.8) is 0 Å². The Morgan fingerprint density at radius 2 is 0.845 bits per heavy atom. The average molecular weight is 923 g/mol. The molecule has 0 unspecified atom stereocenters. The van der Waals surface area contributed by atoms with Crippen molar-refractivity contribution in [2.75, 3.05) is 4.90 Å². The van der Waals surface area contributed by atoms with Gasteiger partial charge in [-0.3, -0.25) is 0 Å². The molecule has 13 aromatic rings. The Morgan fingerprint density at radius 3 is 1.52 bits per heavy atom. The van der Waals surface area contributed by atoms with Crippen LogP contribution in [-0.2, 0) is 0 Å². The van der Waals surface area contributed by atoms with Gasteiger partial charge in [0.1, 0.15) is 0 Å². The maximum absolute atomic E-state index is 2.44. The first-order valence-corrected chi connectivity index (χ1v) is 26.0. The molecule has 0 aliphatic carbocycles. The van der Waals surface area contributed by atoms with E-state index in [0.717, 1.165) is 22.7 Å². The second kappa shape index (κ2) is 16.7. The SMILES string of the molecule is c1ccc(-c2cccc3cccc(-c4ccc(N(c5cccc(-n6c7ccccc7c7ccccc76)c5)c5ccc6c7c(ccc6c5)S(c5ccccc5)(c5ccccc5)c5ccccc5-7)cc4)c23)cc1. The number of aromatic nitrogens is 1. The maximum atomic E-state index is 2.44. The van der Waals surface area contributed by atoms with Crippen LogP contribution in [0.4, 0.5) is 17.1 Å². The van der Waals surface area contributed by atoms with Crippen LogP contribution in [0.5, 0.6) is 0 Å². The van der Waals surface area contributed by atoms with E-state index in [2.05, 4.69) is 289 Å². The molecule has 0 fully saturated rings. The van der Waals surface area contributed by atoms with E-state index < -0.39 is 10.0 Å². The number of nitrogens with zero attached hydrogens (tertiary/aromatic N) is 2. The molecule has 0 bridgehead atoms. The number of hydrogen-bond donors (Lipinski definition) is 0. The molecule has 0 amide bonds. The molecule has 1 aliphatic rings. The number of para-hydroxylation sites is 2. The number of fused-ring (bicyclic) bond motifs is 9. The molecule has 14 rings (SSSR count). The summed E-state index contributed by atoms with van der Waals surface area (Å²) in [5.41, 5.74) is 14.3. The Hall–Kier alpha value is -8.89. The summed E-state index contributed by atoms with van der Waals surface area (Å²) in [6.45, 7) is 0. The minimum atomic E-state index is -1.77. The predicted octanol–water partition coefficient (Wildman–Crippen LogP) is 19.2. The quantitative estimate of drug-likeness (QED) is 0.147. The highest BCUT2D eigenvalue weighted by Crippen LogP contribution is 2.80. The molecule has 0 spiro atoms. The van der Waals surface area contributed by atoms with E-state index in [0.29, 0.717) is 0 Å². The van der Waals surface area contributed by atoms with E-state index >= 15 is 0 Å². The number of benzene rings is 12. The van der Waals surface area contributed by atoms with Gasteiger partial charge in [-0.1, -0.05) is 188 Å². The molecule has 12 aromatic carbocycles. The fraction of sp³-hybridized carbons (Fsp3) is 0. The first-order valence-electron chi connectivity index (χ1n) is 24.4. The summed E-state index contributed by atoms with van der Waals surface area (Å²) in [4.78, 5) is 7.93. The van der Waals surface area contributed by atoms with Crippen LogP contribution in [0.1, 0.15) is 0 Å². The van der Waals surface area contributed by atoms with Gasteiger partial charge in [-0.05, 0) is 140 Å². The standard InChI is InChI=1S/C68H46N2S/c1-4-19-47(20-5-1)57-32-16-21-49-22-17-33-58(67(49)57)48-37-40-51(41-38-48)69(52-23-18-24-53(46-52)70-63-34-13-10-29-60(63)61-30-11-14-35-64(61)70)54-42-43-59-50(45-54)39-44-66-68(59)62-31-12-15-36-65(62)71(66,55-25-6-2-7-26-55)56-27-8-3-9-28-56/h1-46H. The second-order valence-corrected chi connectivity index (χ2v) is 21.5. The first-order chi connectivity index (χ1) is 35.2. The van der Waals surface area contributed by atoms with Gasteiger partial charge in [-0.15, -0.1) is 10.0 Å². The Bertz CT molecular complexity index is 4060. The van der Waals surface area contributed by atoms with Gasteiger partial charge in [0.05, 0.1) is 11.0 Å². The van der Waals surface area contributed by atoms with Crippen LogP contribution >= 0.6 is 10.0 Å². The third kappa shape index (κ3) is 6.44. The van der Waals surface area contributed by atoms with Crippen molar-refractivity contribution < 1.29 is 0 Å². The highest BCUT2D eigenvalue weighted by Gasteiger charge is 2.42. The van der Waals surface area contributed by atoms with Crippen molar-refractivity contribution >= 4 is 70.4 Å². The molecule has 0 saturated carbocycles. The molecule has 2 nitrogen and oxygen atoms in total. The third-order valence-electron chi connectivity index (χ3n) is 14.6. The summed E-state index contributed by atoms with van der Waals surface area (Å²) in [7, 11) is -1.77. The van der Waals surface area contributed by atoms with E-state index in [4.69, 9.17) is 0 Å². The summed E-state index contributed by atoms with van der Waals surface area (Å²) in [5, 5.41) is 7.46. The smallest absolute Gasteiger partial charge is 0.0541 e. The van der Waals surface area contributed by atoms with Gasteiger partial charge in [0, 0.05) is 58.7 Å². The van der Waals surface area contributed by atoms with Crippen LogP contribution < -0.4 is 4.90 Å². The summed E-state index contributed by atoms with van der Waals surface area (Å²) < 4.78 is 2.41. The van der Waals surface area contributed by atoms with Crippen LogP contribution in [-0.4, -0.2) is 4.57 Å². The molecule has 1 aromatic heterocycles. The first kappa shape index (κ1) is 41.1. The Labute approximate surface area is 415 Å². The van der Waals surface area contributed by atoms with Crippen molar-refractivity contribution in [1.82, 2.24) is 4.57 Å². The minimum Gasteiger partial charge on any atom is -0.310 e. The summed E-state index contributed by atoms with van der Waals surface area (Å²) in [6.07, 6.45) is 0. The number of rotatable bonds is 8. The normalized spacial score (nSPS) is 13.1. The van der Waals surface area contributed by atoms with E-state index in [1.165, 1.54) is 96.3 Å². The van der Waals surface area contributed by atoms with Crippen LogP contribution in [0.25, 0.3) is 82.4 Å². The monoisotopic (exact) mass is 922 g/mol. The second-order valence-electron chi connectivity index (χ2n) is 18.4. The summed E-state index contributed by atoms with van der Waals surface area (Å²) in [6, 6.07) is 103. The van der Waals surface area contributed by atoms with Crippen molar-refractivity contribution in [3.8, 4) is 39.1 Å². The fourth-order valence-corrected chi connectivity index (χ4v) is 15.8. The summed E-state index contributed by atoms with van der Waals surface area (Å²) in [5.74, 6) is 0. The van der Waals surface area contributed by atoms with Gasteiger partial charge in [-0.25, -0.2) is 0 Å². The lowest BCUT2D eigenvalue weighted by Crippen LogP contribution is -2.10. The third-order valence-corrected chi connectivity index (χ3v) is 18.6. The minimum absolute atomic E-state index is 1.08. The zero-order valence-corrected chi connectivity index (χ0v) is 39.7. The highest BCUT2D eigenvalue weighted by molar-refractivity contribution is 8.34. The van der Waals surface area contributed by atoms with E-state index in [-0.39, 0.29) is 0 Å². The van der Waals surface area contributed by atoms with E-state index in [9.17, 15) is 0 Å². The van der Waals surface area contributed by atoms with Gasteiger partial charge in [0.15, 0.2) is 0 Å². The van der Waals surface area contributed by atoms with Crippen LogP contribution in [0.15, 0.2) is 299 Å². The molecule has 0 atom stereocenters. The number of hydrogen-bond acceptors (Lipinski definition) is 1. The van der Waals surface area contributed by atoms with Gasteiger partial charge in [-0.2, -0.15) is 0 Å². The predicted molar refractivity (Wildman–Crippen MR) is 300 cm³/mol. The van der Waals surface area contributed by atoms with Crippen molar-refractivity contribution in [2.24, 2.45) is 0 Å². The largest absolute Gasteiger partial charge is 0.310 e. The van der Waals surface area contributed by atoms with Crippen LogP contribution in [0.3, 0.4) is 0 Å². The lowest BCUT2D eigenvalue weighted by molar-refractivity contribution is 1.17. The maximum Gasteiger partial charge on any atom is 0.0541 e. The molecule has 0 saturated heterocycles. The van der Waals surface area contributed by atoms with E-state index in [1.54, 1.807) is 0 Å². The van der Waals surface area contributed by atoms with Gasteiger partial charge in [0.2, 0.25) is 0 Å². The molecule has 71 heavy (non-hydrogen) atoms. The number of anilines is 3. The van der Waals surface area contributed by atoms with Crippen molar-refractivity contribution in [1.29, 1.82) is 0 Å². The summed E-state index contributed by atoms with van der Waals surface area (Å²) >= 11 is 0. The van der Waals surface area contributed by atoms with Crippen LogP contribution in [0, 0.1) is 0 Å². The molecule has 0 N–H and O–H groups in total. The van der Waals surface area contributed by atoms with Crippen LogP contribution in [0.2, 0.25) is 0 Å². The molecule has 2 heterocycles. The van der Waals surface area contributed by atoms with Gasteiger partial charge >= 0.3 is 0 Å². The van der Waals surface area contributed by atoms with E-state index in [1.807, 2.05) is 0 Å². The lowest BCUT2D eigenvalue weighted by Gasteiger charge is -2.39. The molecule has 3 heteroatoms. The van der Waals surface area contributed by atoms with Gasteiger partial charge in [0.25, 0.3) is 0 Å². The molecular weight excluding hydrogens is 877 g/mol. The Morgan fingerprint density at radius 1 is 0.310 bits per heavy atom. The fourth-order valence-electron chi connectivity index (χ4n) is 11.6. The Kier molecular flexibility index (Phi) is 9.65. The zero-order valence-electron chi connectivity index (χ0n) is 38.9.